The maximum absolute atomic E-state index is 15.0. The van der Waals surface area contributed by atoms with Gasteiger partial charge in [-0.2, -0.15) is 10.1 Å². The normalized spacial score (nSPS) is 19.3. The van der Waals surface area contributed by atoms with Crippen LogP contribution in [0.1, 0.15) is 19.2 Å². The van der Waals surface area contributed by atoms with E-state index in [0.29, 0.717) is 70.2 Å². The first-order chi connectivity index (χ1) is 24.7. The Kier molecular flexibility index (Phi) is 8.17. The molecule has 1 amide bonds. The maximum Gasteiger partial charge on any atom is 0.317 e. The first kappa shape index (κ1) is 32.4. The maximum atomic E-state index is 15.0. The molecule has 51 heavy (non-hydrogen) atoms. The van der Waals surface area contributed by atoms with Gasteiger partial charge in [0.2, 0.25) is 5.91 Å². The Morgan fingerprint density at radius 2 is 1.88 bits per heavy atom. The third kappa shape index (κ3) is 5.74. The number of anilines is 1. The summed E-state index contributed by atoms with van der Waals surface area (Å²) in [6.45, 7) is 5.07. The van der Waals surface area contributed by atoms with Crippen molar-refractivity contribution in [2.24, 2.45) is 0 Å². The van der Waals surface area contributed by atoms with Crippen LogP contribution in [0.15, 0.2) is 55.1 Å². The van der Waals surface area contributed by atoms with E-state index in [1.54, 1.807) is 41.2 Å². The second-order valence-electron chi connectivity index (χ2n) is 12.6. The van der Waals surface area contributed by atoms with Gasteiger partial charge in [-0.1, -0.05) is 0 Å². The van der Waals surface area contributed by atoms with Crippen molar-refractivity contribution in [2.75, 3.05) is 38.8 Å². The first-order valence-electron chi connectivity index (χ1n) is 16.5. The van der Waals surface area contributed by atoms with E-state index >= 15 is 0 Å². The number of likely N-dealkylation sites (N-methyl/N-ethyl adjacent to an activating group) is 1. The molecule has 6 heterocycles. The minimum atomic E-state index is -0.689. The fourth-order valence-electron chi connectivity index (χ4n) is 7.13. The number of imidazole rings is 1. The smallest absolute Gasteiger partial charge is 0.317 e. The number of hydrogen-bond donors (Lipinski definition) is 0. The molecule has 4 aromatic heterocycles. The van der Waals surface area contributed by atoms with Gasteiger partial charge >= 0.3 is 6.01 Å². The van der Waals surface area contributed by atoms with E-state index in [-0.39, 0.29) is 30.8 Å². The third-order valence-corrected chi connectivity index (χ3v) is 9.36. The van der Waals surface area contributed by atoms with Gasteiger partial charge in [-0.25, -0.2) is 33.4 Å². The Bertz CT molecular complexity index is 2290. The molecule has 2 aliphatic rings. The predicted molar refractivity (Wildman–Crippen MR) is 182 cm³/mol. The van der Waals surface area contributed by atoms with Gasteiger partial charge in [0.1, 0.15) is 53.2 Å². The van der Waals surface area contributed by atoms with E-state index in [4.69, 9.17) is 19.2 Å². The standard InChI is InChI=1S/C35H34F2N10O4/c1-5-50-23-15-44(3)34(48)29-13-22(51-35-38-9-8-26(43-35)24-10-21(37)11-27-31(24)45(17-23)19(2)42-27)16-46(29)32-25-14-41-47(33(25)40-18-39-32)28-7-6-20(36)12-30(28)49-4/h6-12,14,18,22-23,29H,5,13,15-17H2,1-4H3/t22-,23+,29-/m0/s1. The highest BCUT2D eigenvalue weighted by Crippen LogP contribution is 2.35. The number of halogens is 2. The monoisotopic (exact) mass is 696 g/mol. The van der Waals surface area contributed by atoms with E-state index in [1.165, 1.54) is 37.7 Å². The molecular formula is C35H34F2N10O4. The topological polar surface area (TPSA) is 138 Å². The Balaban J connectivity index is 1.23. The number of methoxy groups -OCH3 is 1. The van der Waals surface area contributed by atoms with Gasteiger partial charge in [-0.3, -0.25) is 4.79 Å². The number of hydrogen-bond acceptors (Lipinski definition) is 11. The lowest BCUT2D eigenvalue weighted by Crippen LogP contribution is -2.47. The molecule has 3 atom stereocenters. The van der Waals surface area contributed by atoms with E-state index in [0.717, 1.165) is 0 Å². The van der Waals surface area contributed by atoms with Crippen molar-refractivity contribution in [3.05, 3.63) is 72.6 Å². The molecule has 0 saturated carbocycles. The van der Waals surface area contributed by atoms with Gasteiger partial charge in [0, 0.05) is 50.5 Å². The lowest BCUT2D eigenvalue weighted by atomic mass is 10.1. The number of rotatable bonds is 5. The molecule has 16 heteroatoms. The summed E-state index contributed by atoms with van der Waals surface area (Å²) >= 11 is 0. The highest BCUT2D eigenvalue weighted by Gasteiger charge is 2.42. The van der Waals surface area contributed by atoms with Crippen LogP contribution in [0.3, 0.4) is 0 Å². The molecule has 0 radical (unpaired) electrons. The number of amides is 1. The van der Waals surface area contributed by atoms with E-state index in [2.05, 4.69) is 25.0 Å². The molecule has 2 aromatic carbocycles. The van der Waals surface area contributed by atoms with Gasteiger partial charge in [0.15, 0.2) is 5.65 Å². The van der Waals surface area contributed by atoms with Crippen molar-refractivity contribution in [1.29, 1.82) is 0 Å². The van der Waals surface area contributed by atoms with Crippen LogP contribution in [-0.4, -0.2) is 102 Å². The summed E-state index contributed by atoms with van der Waals surface area (Å²) in [4.78, 5) is 40.9. The summed E-state index contributed by atoms with van der Waals surface area (Å²) in [5.41, 5.74) is 3.12. The molecule has 0 aliphatic carbocycles. The van der Waals surface area contributed by atoms with Gasteiger partial charge in [-0.05, 0) is 38.1 Å². The van der Waals surface area contributed by atoms with Crippen LogP contribution < -0.4 is 14.4 Å². The second-order valence-corrected chi connectivity index (χ2v) is 12.6. The van der Waals surface area contributed by atoms with Gasteiger partial charge in [-0.15, -0.1) is 0 Å². The van der Waals surface area contributed by atoms with E-state index in [9.17, 15) is 13.6 Å². The van der Waals surface area contributed by atoms with E-state index in [1.807, 2.05) is 23.3 Å². The van der Waals surface area contributed by atoms with Crippen molar-refractivity contribution >= 4 is 33.8 Å². The number of aryl methyl sites for hydroxylation is 1. The molecule has 1 saturated heterocycles. The number of carbonyl (C=O) groups is 1. The Hall–Kier alpha value is -5.77. The van der Waals surface area contributed by atoms with Crippen LogP contribution in [0.2, 0.25) is 0 Å². The van der Waals surface area contributed by atoms with Crippen molar-refractivity contribution in [3.8, 4) is 28.7 Å². The van der Waals surface area contributed by atoms with Crippen LogP contribution >= 0.6 is 0 Å². The highest BCUT2D eigenvalue weighted by molar-refractivity contribution is 5.93. The molecule has 6 aromatic rings. The van der Waals surface area contributed by atoms with Crippen molar-refractivity contribution < 1.29 is 27.8 Å². The average molecular weight is 697 g/mol. The van der Waals surface area contributed by atoms with Crippen molar-refractivity contribution in [3.63, 3.8) is 0 Å². The van der Waals surface area contributed by atoms with Crippen LogP contribution in [-0.2, 0) is 16.1 Å². The van der Waals surface area contributed by atoms with Gasteiger partial charge < -0.3 is 28.6 Å². The summed E-state index contributed by atoms with van der Waals surface area (Å²) in [5.74, 6) is 0.364. The number of benzene rings is 2. The fraction of sp³-hybridized carbons (Fsp3) is 0.343. The SMILES string of the molecule is CCO[C@@H]1CN(C)C(=O)[C@@H]2C[C@@H](CN2c2ncnc3c2cnn3-c2ccc(F)cc2OC)Oc2nccc(n2)-c2cc(F)cc3nc(C)n(c23)C1. The zero-order chi connectivity index (χ0) is 35.4. The molecular weight excluding hydrogens is 662 g/mol. The average Bonchev–Trinajstić information content (AvgIpc) is 3.82. The Labute approximate surface area is 290 Å². The molecule has 0 spiro atoms. The zero-order valence-electron chi connectivity index (χ0n) is 28.3. The summed E-state index contributed by atoms with van der Waals surface area (Å²) in [7, 11) is 3.20. The molecule has 262 valence electrons. The minimum absolute atomic E-state index is 0.0882. The number of nitrogens with zero attached hydrogens (tertiary/aromatic N) is 10. The van der Waals surface area contributed by atoms with Crippen molar-refractivity contribution in [1.82, 2.24) is 44.2 Å². The van der Waals surface area contributed by atoms with Gasteiger partial charge in [0.05, 0.1) is 54.6 Å². The summed E-state index contributed by atoms with van der Waals surface area (Å²) in [6.07, 6.45) is 3.95. The second kappa shape index (κ2) is 12.8. The van der Waals surface area contributed by atoms with Crippen LogP contribution in [0, 0.1) is 18.6 Å². The molecule has 4 bridgehead atoms. The molecule has 2 aliphatic heterocycles. The fourth-order valence-corrected chi connectivity index (χ4v) is 7.13. The quantitative estimate of drug-likeness (QED) is 0.257. The largest absolute Gasteiger partial charge is 0.494 e. The van der Waals surface area contributed by atoms with Crippen molar-refractivity contribution in [2.45, 2.75) is 45.1 Å². The minimum Gasteiger partial charge on any atom is -0.494 e. The lowest BCUT2D eigenvalue weighted by Gasteiger charge is -2.31. The number of carbonyl (C=O) groups excluding carboxylic acids is 1. The number of ether oxygens (including phenoxy) is 3. The van der Waals surface area contributed by atoms with Crippen LogP contribution in [0.4, 0.5) is 14.6 Å². The molecule has 0 N–H and O–H groups in total. The zero-order valence-corrected chi connectivity index (χ0v) is 28.3. The Morgan fingerprint density at radius 3 is 2.71 bits per heavy atom. The first-order valence-corrected chi connectivity index (χ1v) is 16.5. The summed E-state index contributed by atoms with van der Waals surface area (Å²) < 4.78 is 50.6. The molecule has 1 fully saturated rings. The Morgan fingerprint density at radius 1 is 1.02 bits per heavy atom. The van der Waals surface area contributed by atoms with Crippen LogP contribution in [0.5, 0.6) is 11.8 Å². The number of aromatic nitrogens is 8. The third-order valence-electron chi connectivity index (χ3n) is 9.36. The molecule has 14 nitrogen and oxygen atoms in total. The predicted octanol–water partition coefficient (Wildman–Crippen LogP) is 4.12. The molecule has 8 rings (SSSR count). The summed E-state index contributed by atoms with van der Waals surface area (Å²) in [5, 5.41) is 5.13. The summed E-state index contributed by atoms with van der Waals surface area (Å²) in [6, 6.07) is 8.09. The van der Waals surface area contributed by atoms with Crippen LogP contribution in [0.25, 0.3) is 39.0 Å². The van der Waals surface area contributed by atoms with E-state index < -0.39 is 29.9 Å². The van der Waals surface area contributed by atoms with Gasteiger partial charge in [0.25, 0.3) is 0 Å². The number of fused-ring (bicyclic) bond motifs is 6. The highest BCUT2D eigenvalue weighted by atomic mass is 19.1. The lowest BCUT2D eigenvalue weighted by molar-refractivity contribution is -0.133. The molecule has 0 unspecified atom stereocenters.